The summed E-state index contributed by atoms with van der Waals surface area (Å²) in [5.41, 5.74) is 1.97. The molecule has 6 heteroatoms. The van der Waals surface area contributed by atoms with Gasteiger partial charge in [0.1, 0.15) is 11.5 Å². The topological polar surface area (TPSA) is 60.1 Å². The molecule has 114 valence electrons. The van der Waals surface area contributed by atoms with Crippen LogP contribution in [-0.4, -0.2) is 15.7 Å². The van der Waals surface area contributed by atoms with Crippen LogP contribution in [0.1, 0.15) is 29.8 Å². The monoisotopic (exact) mass is 353 g/mol. The maximum atomic E-state index is 12.1. The fraction of sp³-hybridized carbons (Fsp3) is 0.467. The number of hydrogen-bond donors (Lipinski definition) is 1. The second kappa shape index (κ2) is 6.47. The summed E-state index contributed by atoms with van der Waals surface area (Å²) in [7, 11) is 0. The van der Waals surface area contributed by atoms with Crippen LogP contribution in [0.3, 0.4) is 0 Å². The van der Waals surface area contributed by atoms with Crippen molar-refractivity contribution in [1.29, 1.82) is 0 Å². The zero-order valence-electron chi connectivity index (χ0n) is 12.7. The average Bonchev–Trinajstić information content (AvgIpc) is 2.96. The Bertz CT molecular complexity index is 645. The molecule has 0 radical (unpaired) electrons. The standard InChI is InChI=1S/C15H20BrN3O2/c1-9(8-19-12(4)14(16)11(3)18-19)15(20)17-7-13-6-5-10(2)21-13/h5-6,9H,7-8H2,1-4H3,(H,17,20)/t9-/m0/s1. The third-order valence-corrected chi connectivity index (χ3v) is 4.57. The minimum Gasteiger partial charge on any atom is -0.465 e. The highest BCUT2D eigenvalue weighted by Gasteiger charge is 2.17. The van der Waals surface area contributed by atoms with Gasteiger partial charge in [-0.1, -0.05) is 6.92 Å². The molecule has 0 saturated heterocycles. The molecule has 0 saturated carbocycles. The average molecular weight is 354 g/mol. The Balaban J connectivity index is 1.91. The van der Waals surface area contributed by atoms with Crippen LogP contribution in [0.5, 0.6) is 0 Å². The van der Waals surface area contributed by atoms with Crippen LogP contribution < -0.4 is 5.32 Å². The van der Waals surface area contributed by atoms with Gasteiger partial charge in [-0.3, -0.25) is 9.48 Å². The van der Waals surface area contributed by atoms with Crippen molar-refractivity contribution >= 4 is 21.8 Å². The van der Waals surface area contributed by atoms with E-state index in [0.717, 1.165) is 27.4 Å². The van der Waals surface area contributed by atoms with Crippen molar-refractivity contribution in [3.8, 4) is 0 Å². The SMILES string of the molecule is Cc1ccc(CNC(=O)[C@@H](C)Cn2nc(C)c(Br)c2C)o1. The number of carbonyl (C=O) groups is 1. The predicted molar refractivity (Wildman–Crippen MR) is 83.9 cm³/mol. The number of hydrogen-bond acceptors (Lipinski definition) is 3. The molecule has 0 spiro atoms. The lowest BCUT2D eigenvalue weighted by Gasteiger charge is -2.13. The van der Waals surface area contributed by atoms with Gasteiger partial charge in [0, 0.05) is 5.69 Å². The third-order valence-electron chi connectivity index (χ3n) is 3.42. The second-order valence-electron chi connectivity index (χ2n) is 5.30. The number of aromatic nitrogens is 2. The Morgan fingerprint density at radius 2 is 2.14 bits per heavy atom. The molecular formula is C15H20BrN3O2. The van der Waals surface area contributed by atoms with Crippen molar-refractivity contribution in [3.05, 3.63) is 39.5 Å². The smallest absolute Gasteiger partial charge is 0.225 e. The number of carbonyl (C=O) groups excluding carboxylic acids is 1. The molecule has 0 aliphatic rings. The van der Waals surface area contributed by atoms with Gasteiger partial charge in [0.05, 0.1) is 29.2 Å². The van der Waals surface area contributed by atoms with E-state index in [1.54, 1.807) is 0 Å². The van der Waals surface area contributed by atoms with Crippen molar-refractivity contribution in [3.63, 3.8) is 0 Å². The molecule has 1 N–H and O–H groups in total. The van der Waals surface area contributed by atoms with Crippen LogP contribution in [0.4, 0.5) is 0 Å². The van der Waals surface area contributed by atoms with E-state index >= 15 is 0 Å². The van der Waals surface area contributed by atoms with Crippen LogP contribution in [0, 0.1) is 26.7 Å². The van der Waals surface area contributed by atoms with E-state index in [-0.39, 0.29) is 11.8 Å². The highest BCUT2D eigenvalue weighted by Crippen LogP contribution is 2.20. The number of amides is 1. The minimum absolute atomic E-state index is 0.00673. The molecule has 2 aromatic rings. The molecule has 2 heterocycles. The highest BCUT2D eigenvalue weighted by atomic mass is 79.9. The summed E-state index contributed by atoms with van der Waals surface area (Å²) in [5, 5.41) is 7.31. The first-order valence-corrected chi connectivity index (χ1v) is 7.70. The molecule has 1 amide bonds. The van der Waals surface area contributed by atoms with Crippen LogP contribution in [0.15, 0.2) is 21.0 Å². The lowest BCUT2D eigenvalue weighted by atomic mass is 10.1. The molecule has 0 aromatic carbocycles. The van der Waals surface area contributed by atoms with Gasteiger partial charge in [0.25, 0.3) is 0 Å². The van der Waals surface area contributed by atoms with Gasteiger partial charge >= 0.3 is 0 Å². The second-order valence-corrected chi connectivity index (χ2v) is 6.09. The highest BCUT2D eigenvalue weighted by molar-refractivity contribution is 9.10. The van der Waals surface area contributed by atoms with E-state index in [1.807, 2.05) is 44.5 Å². The fourth-order valence-corrected chi connectivity index (χ4v) is 2.41. The minimum atomic E-state index is -0.161. The molecule has 21 heavy (non-hydrogen) atoms. The molecule has 0 bridgehead atoms. The summed E-state index contributed by atoms with van der Waals surface area (Å²) in [6.45, 7) is 8.68. The number of aryl methyl sites for hydroxylation is 2. The molecule has 0 aliphatic heterocycles. The summed E-state index contributed by atoms with van der Waals surface area (Å²) in [5.74, 6) is 1.44. The van der Waals surface area contributed by atoms with E-state index < -0.39 is 0 Å². The Morgan fingerprint density at radius 3 is 2.67 bits per heavy atom. The van der Waals surface area contributed by atoms with Gasteiger partial charge in [-0.2, -0.15) is 5.10 Å². The number of nitrogens with one attached hydrogen (secondary N) is 1. The third kappa shape index (κ3) is 3.75. The Kier molecular flexibility index (Phi) is 4.88. The maximum absolute atomic E-state index is 12.1. The number of rotatable bonds is 5. The Labute approximate surface area is 132 Å². The van der Waals surface area contributed by atoms with Gasteiger partial charge in [-0.25, -0.2) is 0 Å². The zero-order valence-corrected chi connectivity index (χ0v) is 14.3. The number of nitrogens with zero attached hydrogens (tertiary/aromatic N) is 2. The van der Waals surface area contributed by atoms with Gasteiger partial charge in [0.15, 0.2) is 0 Å². The maximum Gasteiger partial charge on any atom is 0.225 e. The van der Waals surface area contributed by atoms with Crippen molar-refractivity contribution < 1.29 is 9.21 Å². The van der Waals surface area contributed by atoms with Crippen LogP contribution >= 0.6 is 15.9 Å². The first-order valence-electron chi connectivity index (χ1n) is 6.91. The van der Waals surface area contributed by atoms with E-state index in [0.29, 0.717) is 13.1 Å². The van der Waals surface area contributed by atoms with Gasteiger partial charge in [-0.05, 0) is 48.8 Å². The predicted octanol–water partition coefficient (Wildman–Crippen LogP) is 3.12. The van der Waals surface area contributed by atoms with E-state index in [1.165, 1.54) is 0 Å². The van der Waals surface area contributed by atoms with Crippen LogP contribution in [-0.2, 0) is 17.9 Å². The molecule has 0 fully saturated rings. The summed E-state index contributed by atoms with van der Waals surface area (Å²) >= 11 is 3.49. The Hall–Kier alpha value is -1.56. The van der Waals surface area contributed by atoms with Gasteiger partial charge in [-0.15, -0.1) is 0 Å². The lowest BCUT2D eigenvalue weighted by Crippen LogP contribution is -2.31. The van der Waals surface area contributed by atoms with Gasteiger partial charge in [0.2, 0.25) is 5.91 Å². The quantitative estimate of drug-likeness (QED) is 0.898. The summed E-state index contributed by atoms with van der Waals surface area (Å²) in [6, 6.07) is 3.76. The van der Waals surface area contributed by atoms with Crippen molar-refractivity contribution in [2.45, 2.75) is 40.8 Å². The van der Waals surface area contributed by atoms with Crippen LogP contribution in [0.2, 0.25) is 0 Å². The summed E-state index contributed by atoms with van der Waals surface area (Å²) in [6.07, 6.45) is 0. The van der Waals surface area contributed by atoms with Crippen molar-refractivity contribution in [2.75, 3.05) is 0 Å². The zero-order chi connectivity index (χ0) is 15.6. The van der Waals surface area contributed by atoms with Crippen molar-refractivity contribution in [2.24, 2.45) is 5.92 Å². The van der Waals surface area contributed by atoms with E-state index in [9.17, 15) is 4.79 Å². The largest absolute Gasteiger partial charge is 0.465 e. The number of furan rings is 1. The van der Waals surface area contributed by atoms with Crippen LogP contribution in [0.25, 0.3) is 0 Å². The normalized spacial score (nSPS) is 12.4. The summed E-state index contributed by atoms with van der Waals surface area (Å²) in [4.78, 5) is 12.1. The molecule has 0 unspecified atom stereocenters. The molecule has 2 aromatic heterocycles. The van der Waals surface area contributed by atoms with Crippen molar-refractivity contribution in [1.82, 2.24) is 15.1 Å². The van der Waals surface area contributed by atoms with E-state index in [4.69, 9.17) is 4.42 Å². The molecule has 2 rings (SSSR count). The molecule has 5 nitrogen and oxygen atoms in total. The fourth-order valence-electron chi connectivity index (χ4n) is 2.12. The molecular weight excluding hydrogens is 334 g/mol. The molecule has 0 aliphatic carbocycles. The first kappa shape index (κ1) is 15.8. The number of halogens is 1. The lowest BCUT2D eigenvalue weighted by molar-refractivity contribution is -0.125. The Morgan fingerprint density at radius 1 is 1.43 bits per heavy atom. The van der Waals surface area contributed by atoms with E-state index in [2.05, 4.69) is 26.3 Å². The summed E-state index contributed by atoms with van der Waals surface area (Å²) < 4.78 is 8.29. The van der Waals surface area contributed by atoms with Gasteiger partial charge < -0.3 is 9.73 Å². The first-order chi connectivity index (χ1) is 9.88. The molecule has 1 atom stereocenters.